The quantitative estimate of drug-likeness (QED) is 0.747. The minimum absolute atomic E-state index is 0.00950. The fourth-order valence-electron chi connectivity index (χ4n) is 1.73. The van der Waals surface area contributed by atoms with Gasteiger partial charge < -0.3 is 19.9 Å². The lowest BCUT2D eigenvalue weighted by Gasteiger charge is -2.14. The Balaban J connectivity index is 2.50. The summed E-state index contributed by atoms with van der Waals surface area (Å²) in [6.07, 6.45) is -0.808. The van der Waals surface area contributed by atoms with E-state index in [0.717, 1.165) is 0 Å². The molecule has 0 saturated carbocycles. The molecule has 0 aliphatic heterocycles. The van der Waals surface area contributed by atoms with Crippen LogP contribution in [0.4, 0.5) is 4.39 Å². The van der Waals surface area contributed by atoms with Gasteiger partial charge in [-0.2, -0.15) is 0 Å². The second-order valence-electron chi connectivity index (χ2n) is 4.41. The summed E-state index contributed by atoms with van der Waals surface area (Å²) >= 11 is 0. The van der Waals surface area contributed by atoms with Crippen molar-refractivity contribution in [1.29, 1.82) is 0 Å². The molecule has 0 bridgehead atoms. The first kappa shape index (κ1) is 16.9. The zero-order valence-electron chi connectivity index (χ0n) is 11.9. The van der Waals surface area contributed by atoms with E-state index in [2.05, 4.69) is 5.32 Å². The summed E-state index contributed by atoms with van der Waals surface area (Å²) in [7, 11) is 2.73. The molecule has 1 unspecified atom stereocenters. The van der Waals surface area contributed by atoms with E-state index in [1.165, 1.54) is 26.4 Å². The van der Waals surface area contributed by atoms with Crippen molar-refractivity contribution in [1.82, 2.24) is 5.32 Å². The van der Waals surface area contributed by atoms with E-state index in [-0.39, 0.29) is 31.0 Å². The van der Waals surface area contributed by atoms with Crippen LogP contribution in [0.15, 0.2) is 18.2 Å². The normalized spacial score (nSPS) is 11.8. The molecule has 0 aliphatic rings. The maximum absolute atomic E-state index is 13.5. The number of halogens is 1. The zero-order chi connectivity index (χ0) is 15.8. The number of aliphatic carboxylic acids is 1. The Morgan fingerprint density at radius 3 is 2.62 bits per heavy atom. The molecule has 0 aromatic heterocycles. The molecule has 7 heteroatoms. The Morgan fingerprint density at radius 2 is 2.10 bits per heavy atom. The Labute approximate surface area is 121 Å². The van der Waals surface area contributed by atoms with E-state index in [1.54, 1.807) is 6.07 Å². The smallest absolute Gasteiger partial charge is 0.306 e. The minimum atomic E-state index is -1.01. The van der Waals surface area contributed by atoms with Crippen LogP contribution in [-0.2, 0) is 20.7 Å². The van der Waals surface area contributed by atoms with Crippen LogP contribution < -0.4 is 10.1 Å². The molecule has 1 atom stereocenters. The second kappa shape index (κ2) is 8.21. The molecule has 1 amide bonds. The summed E-state index contributed by atoms with van der Waals surface area (Å²) in [5, 5.41) is 11.2. The van der Waals surface area contributed by atoms with Gasteiger partial charge in [0.25, 0.3) is 0 Å². The fraction of sp³-hybridized carbons (Fsp3) is 0.429. The van der Waals surface area contributed by atoms with E-state index in [4.69, 9.17) is 14.6 Å². The summed E-state index contributed by atoms with van der Waals surface area (Å²) in [5.74, 6) is -1.77. The van der Waals surface area contributed by atoms with Crippen molar-refractivity contribution < 1.29 is 28.6 Å². The van der Waals surface area contributed by atoms with Crippen molar-refractivity contribution in [3.63, 3.8) is 0 Å². The molecule has 0 heterocycles. The van der Waals surface area contributed by atoms with Crippen LogP contribution in [0.3, 0.4) is 0 Å². The Bertz CT molecular complexity index is 506. The first-order chi connectivity index (χ1) is 9.96. The monoisotopic (exact) mass is 299 g/mol. The lowest BCUT2D eigenvalue weighted by atomic mass is 10.1. The van der Waals surface area contributed by atoms with Crippen molar-refractivity contribution in [3.05, 3.63) is 29.6 Å². The molecular formula is C14H18FNO5. The maximum atomic E-state index is 13.5. The topological polar surface area (TPSA) is 84.9 Å². The number of hydrogen-bond donors (Lipinski definition) is 2. The third-order valence-corrected chi connectivity index (χ3v) is 2.84. The van der Waals surface area contributed by atoms with Crippen LogP contribution >= 0.6 is 0 Å². The number of hydrogen-bond acceptors (Lipinski definition) is 4. The van der Waals surface area contributed by atoms with Gasteiger partial charge in [0.05, 0.1) is 26.1 Å². The molecule has 2 N–H and O–H groups in total. The molecule has 1 aromatic rings. The first-order valence-corrected chi connectivity index (χ1v) is 6.30. The van der Waals surface area contributed by atoms with Gasteiger partial charge in [-0.3, -0.25) is 9.59 Å². The molecule has 0 spiro atoms. The fourth-order valence-corrected chi connectivity index (χ4v) is 1.73. The zero-order valence-corrected chi connectivity index (χ0v) is 11.9. The first-order valence-electron chi connectivity index (χ1n) is 6.30. The molecule has 1 rings (SSSR count). The molecule has 21 heavy (non-hydrogen) atoms. The molecule has 0 aliphatic carbocycles. The standard InChI is InChI=1S/C14H18FNO5/c1-20-10(7-14(18)19)8-16-13(17)6-9-3-4-12(21-2)11(15)5-9/h3-5,10H,6-8H2,1-2H3,(H,16,17)(H,18,19). The number of carboxylic acids is 1. The third-order valence-electron chi connectivity index (χ3n) is 2.84. The minimum Gasteiger partial charge on any atom is -0.494 e. The van der Waals surface area contributed by atoms with Crippen LogP contribution in [-0.4, -0.2) is 43.9 Å². The van der Waals surface area contributed by atoms with Crippen LogP contribution in [0.5, 0.6) is 5.75 Å². The molecule has 1 aromatic carbocycles. The highest BCUT2D eigenvalue weighted by Crippen LogP contribution is 2.17. The van der Waals surface area contributed by atoms with Gasteiger partial charge in [-0.1, -0.05) is 6.07 Å². The number of amides is 1. The second-order valence-corrected chi connectivity index (χ2v) is 4.41. The lowest BCUT2D eigenvalue weighted by Crippen LogP contribution is -2.35. The highest BCUT2D eigenvalue weighted by atomic mass is 19.1. The highest BCUT2D eigenvalue weighted by molar-refractivity contribution is 5.78. The Morgan fingerprint density at radius 1 is 1.38 bits per heavy atom. The lowest BCUT2D eigenvalue weighted by molar-refractivity contribution is -0.140. The van der Waals surface area contributed by atoms with Crippen molar-refractivity contribution in [2.24, 2.45) is 0 Å². The SMILES string of the molecule is COc1ccc(CC(=O)NCC(CC(=O)O)OC)cc1F. The van der Waals surface area contributed by atoms with Crippen LogP contribution in [0.1, 0.15) is 12.0 Å². The van der Waals surface area contributed by atoms with Gasteiger partial charge in [-0.05, 0) is 17.7 Å². The van der Waals surface area contributed by atoms with Crippen molar-refractivity contribution >= 4 is 11.9 Å². The van der Waals surface area contributed by atoms with E-state index in [0.29, 0.717) is 5.56 Å². The number of benzene rings is 1. The molecule has 0 fully saturated rings. The van der Waals surface area contributed by atoms with Gasteiger partial charge in [-0.25, -0.2) is 4.39 Å². The predicted molar refractivity (Wildman–Crippen MR) is 72.7 cm³/mol. The number of methoxy groups -OCH3 is 2. The average molecular weight is 299 g/mol. The van der Waals surface area contributed by atoms with Gasteiger partial charge in [0.1, 0.15) is 0 Å². The molecular weight excluding hydrogens is 281 g/mol. The molecule has 0 saturated heterocycles. The number of rotatable bonds is 8. The van der Waals surface area contributed by atoms with Gasteiger partial charge in [0.2, 0.25) is 5.91 Å². The van der Waals surface area contributed by atoms with Gasteiger partial charge in [0.15, 0.2) is 11.6 Å². The number of carbonyl (C=O) groups excluding carboxylic acids is 1. The average Bonchev–Trinajstić information content (AvgIpc) is 2.43. The predicted octanol–water partition coefficient (Wildman–Crippen LogP) is 0.983. The van der Waals surface area contributed by atoms with E-state index < -0.39 is 17.9 Å². The van der Waals surface area contributed by atoms with Crippen molar-refractivity contribution in [2.45, 2.75) is 18.9 Å². The summed E-state index contributed by atoms with van der Waals surface area (Å²) in [6, 6.07) is 4.26. The van der Waals surface area contributed by atoms with Crippen molar-refractivity contribution in [2.75, 3.05) is 20.8 Å². The van der Waals surface area contributed by atoms with E-state index in [9.17, 15) is 14.0 Å². The van der Waals surface area contributed by atoms with E-state index in [1.807, 2.05) is 0 Å². The maximum Gasteiger partial charge on any atom is 0.306 e. The number of nitrogens with one attached hydrogen (secondary N) is 1. The van der Waals surface area contributed by atoms with Gasteiger partial charge >= 0.3 is 5.97 Å². The van der Waals surface area contributed by atoms with E-state index >= 15 is 0 Å². The van der Waals surface area contributed by atoms with Gasteiger partial charge in [-0.15, -0.1) is 0 Å². The molecule has 116 valence electrons. The van der Waals surface area contributed by atoms with Crippen LogP contribution in [0.25, 0.3) is 0 Å². The van der Waals surface area contributed by atoms with Crippen molar-refractivity contribution in [3.8, 4) is 5.75 Å². The highest BCUT2D eigenvalue weighted by Gasteiger charge is 2.14. The molecule has 6 nitrogen and oxygen atoms in total. The number of carboxylic acid groups (broad SMARTS) is 1. The Kier molecular flexibility index (Phi) is 6.61. The molecule has 0 radical (unpaired) electrons. The Hall–Kier alpha value is -2.15. The van der Waals surface area contributed by atoms with Gasteiger partial charge in [0, 0.05) is 13.7 Å². The summed E-state index contributed by atoms with van der Waals surface area (Å²) in [5.41, 5.74) is 0.498. The number of ether oxygens (including phenoxy) is 2. The number of carbonyl (C=O) groups is 2. The summed E-state index contributed by atoms with van der Waals surface area (Å²) < 4.78 is 23.2. The largest absolute Gasteiger partial charge is 0.494 e. The summed E-state index contributed by atoms with van der Waals surface area (Å²) in [6.45, 7) is 0.0836. The van der Waals surface area contributed by atoms with Crippen LogP contribution in [0.2, 0.25) is 0 Å². The summed E-state index contributed by atoms with van der Waals surface area (Å²) in [4.78, 5) is 22.3. The third kappa shape index (κ3) is 5.78. The van der Waals surface area contributed by atoms with Crippen LogP contribution in [0, 0.1) is 5.82 Å².